The van der Waals surface area contributed by atoms with Crippen LogP contribution in [0, 0.1) is 5.92 Å². The monoisotopic (exact) mass is 580 g/mol. The van der Waals surface area contributed by atoms with Crippen molar-refractivity contribution in [1.82, 2.24) is 29.4 Å². The Bertz CT molecular complexity index is 1810. The smallest absolute Gasteiger partial charge is 0.333 e. The Kier molecular flexibility index (Phi) is 7.31. The van der Waals surface area contributed by atoms with Gasteiger partial charge in [0.15, 0.2) is 0 Å². The van der Waals surface area contributed by atoms with Gasteiger partial charge in [0.1, 0.15) is 11.3 Å². The van der Waals surface area contributed by atoms with Crippen molar-refractivity contribution in [2.75, 3.05) is 0 Å². The van der Waals surface area contributed by atoms with Crippen molar-refractivity contribution in [3.05, 3.63) is 87.3 Å². The number of aromatic nitrogens is 5. The third-order valence-corrected chi connectivity index (χ3v) is 7.94. The lowest BCUT2D eigenvalue weighted by Crippen LogP contribution is -2.39. The zero-order chi connectivity index (χ0) is 28.7. The first-order chi connectivity index (χ1) is 19.8. The zero-order valence-electron chi connectivity index (χ0n) is 21.9. The van der Waals surface area contributed by atoms with E-state index in [1.54, 1.807) is 15.3 Å². The predicted octanol–water partition coefficient (Wildman–Crippen LogP) is 5.14. The number of amides is 1. The Hall–Kier alpha value is -4.09. The summed E-state index contributed by atoms with van der Waals surface area (Å²) in [6, 6.07) is 12.3. The normalized spacial score (nSPS) is 17.5. The number of rotatable bonds is 7. The number of para-hydroxylation sites is 2. The molecule has 1 amide bonds. The van der Waals surface area contributed by atoms with Crippen molar-refractivity contribution in [3.63, 3.8) is 0 Å². The number of carbonyl (C=O) groups excluding carboxylic acids is 1. The van der Waals surface area contributed by atoms with Crippen LogP contribution in [-0.4, -0.2) is 41.1 Å². The SMILES string of the molecule is O=C(NC1CCC(Cn2c(=O)n(-c3cnc4[nH]c(CO)cc4c3)c3ccccc32)CC1)c1cc(Cl)cnc1C(F)F. The highest BCUT2D eigenvalue weighted by Gasteiger charge is 2.27. The van der Waals surface area contributed by atoms with Crippen LogP contribution in [-0.2, 0) is 13.2 Å². The molecule has 1 aliphatic rings. The number of nitrogens with one attached hydrogen (secondary N) is 2. The average molecular weight is 581 g/mol. The number of fused-ring (bicyclic) bond motifs is 2. The fourth-order valence-electron chi connectivity index (χ4n) is 5.72. The number of H-pyrrole nitrogens is 1. The van der Waals surface area contributed by atoms with Crippen LogP contribution < -0.4 is 11.0 Å². The van der Waals surface area contributed by atoms with E-state index in [1.807, 2.05) is 36.4 Å². The standard InChI is InChI=1S/C29H27ClF2N6O3/c30-18-11-22(25(26(31)32)33-12-18)28(40)36-19-7-5-16(6-8-19)14-37-23-3-1-2-4-24(23)38(29(37)41)21-10-17-9-20(15-39)35-27(17)34-13-21/h1-4,9-13,16,19,26,39H,5-8,14-15H2,(H,34,35)(H,36,40). The second-order valence-electron chi connectivity index (χ2n) is 10.4. The van der Waals surface area contributed by atoms with Crippen LogP contribution in [0.2, 0.25) is 5.02 Å². The quantitative estimate of drug-likeness (QED) is 0.246. The Morgan fingerprint density at radius 2 is 1.85 bits per heavy atom. The summed E-state index contributed by atoms with van der Waals surface area (Å²) in [5.41, 5.74) is 2.51. The lowest BCUT2D eigenvalue weighted by molar-refractivity contribution is 0.0904. The third-order valence-electron chi connectivity index (χ3n) is 7.73. The molecule has 5 aromatic rings. The molecule has 41 heavy (non-hydrogen) atoms. The molecule has 0 aliphatic heterocycles. The molecule has 1 aromatic carbocycles. The molecule has 1 saturated carbocycles. The zero-order valence-corrected chi connectivity index (χ0v) is 22.6. The molecule has 4 aromatic heterocycles. The largest absolute Gasteiger partial charge is 0.390 e. The molecule has 0 radical (unpaired) electrons. The third kappa shape index (κ3) is 5.22. The summed E-state index contributed by atoms with van der Waals surface area (Å²) in [6.07, 6.45) is 2.68. The maximum Gasteiger partial charge on any atom is 0.333 e. The maximum atomic E-state index is 13.8. The van der Waals surface area contributed by atoms with E-state index >= 15 is 0 Å². The summed E-state index contributed by atoms with van der Waals surface area (Å²) < 4.78 is 30.2. The van der Waals surface area contributed by atoms with Crippen LogP contribution in [0.5, 0.6) is 0 Å². The van der Waals surface area contributed by atoms with Gasteiger partial charge in [-0.2, -0.15) is 0 Å². The van der Waals surface area contributed by atoms with Crippen molar-refractivity contribution in [2.24, 2.45) is 5.92 Å². The number of aliphatic hydroxyl groups excluding tert-OH is 1. The first-order valence-electron chi connectivity index (χ1n) is 13.4. The van der Waals surface area contributed by atoms with Crippen molar-refractivity contribution >= 4 is 39.6 Å². The van der Waals surface area contributed by atoms with Gasteiger partial charge in [-0.05, 0) is 61.9 Å². The lowest BCUT2D eigenvalue weighted by Gasteiger charge is -2.29. The number of hydrogen-bond donors (Lipinski definition) is 3. The first kappa shape index (κ1) is 27.1. The number of benzene rings is 1. The van der Waals surface area contributed by atoms with Gasteiger partial charge in [0.25, 0.3) is 12.3 Å². The highest BCUT2D eigenvalue weighted by atomic mass is 35.5. The molecule has 0 spiro atoms. The number of aliphatic hydroxyl groups is 1. The summed E-state index contributed by atoms with van der Waals surface area (Å²) in [7, 11) is 0. The van der Waals surface area contributed by atoms with Gasteiger partial charge >= 0.3 is 5.69 Å². The minimum absolute atomic E-state index is 0.117. The van der Waals surface area contributed by atoms with E-state index in [1.165, 1.54) is 6.07 Å². The predicted molar refractivity (Wildman–Crippen MR) is 151 cm³/mol. The van der Waals surface area contributed by atoms with E-state index in [9.17, 15) is 23.5 Å². The molecule has 9 nitrogen and oxygen atoms in total. The summed E-state index contributed by atoms with van der Waals surface area (Å²) in [4.78, 5) is 37.7. The molecule has 4 heterocycles. The van der Waals surface area contributed by atoms with E-state index in [2.05, 4.69) is 20.3 Å². The van der Waals surface area contributed by atoms with Crippen molar-refractivity contribution in [2.45, 2.75) is 51.3 Å². The van der Waals surface area contributed by atoms with Crippen LogP contribution in [0.1, 0.15) is 53.9 Å². The fourth-order valence-corrected chi connectivity index (χ4v) is 5.88. The Labute approximate surface area is 237 Å². The van der Waals surface area contributed by atoms with Gasteiger partial charge in [-0.25, -0.2) is 18.6 Å². The number of aromatic amines is 1. The van der Waals surface area contributed by atoms with Crippen LogP contribution >= 0.6 is 11.6 Å². The van der Waals surface area contributed by atoms with E-state index < -0.39 is 18.0 Å². The van der Waals surface area contributed by atoms with Crippen molar-refractivity contribution < 1.29 is 18.7 Å². The number of carbonyl (C=O) groups is 1. The maximum absolute atomic E-state index is 13.8. The van der Waals surface area contributed by atoms with E-state index in [-0.39, 0.29) is 34.8 Å². The molecule has 6 rings (SSSR count). The number of nitrogens with zero attached hydrogens (tertiary/aromatic N) is 4. The van der Waals surface area contributed by atoms with Crippen LogP contribution in [0.4, 0.5) is 8.78 Å². The molecule has 212 valence electrons. The van der Waals surface area contributed by atoms with E-state index in [0.717, 1.165) is 35.5 Å². The molecule has 3 N–H and O–H groups in total. The molecular weight excluding hydrogens is 554 g/mol. The van der Waals surface area contributed by atoms with Gasteiger partial charge in [0.2, 0.25) is 0 Å². The number of hydrogen-bond acceptors (Lipinski definition) is 5. The topological polar surface area (TPSA) is 118 Å². The van der Waals surface area contributed by atoms with Gasteiger partial charge in [-0.1, -0.05) is 23.7 Å². The molecule has 1 aliphatic carbocycles. The van der Waals surface area contributed by atoms with Gasteiger partial charge < -0.3 is 15.4 Å². The summed E-state index contributed by atoms with van der Waals surface area (Å²) >= 11 is 5.90. The van der Waals surface area contributed by atoms with Crippen molar-refractivity contribution in [1.29, 1.82) is 0 Å². The number of imidazole rings is 1. The second kappa shape index (κ2) is 11.1. The molecule has 1 fully saturated rings. The highest BCUT2D eigenvalue weighted by molar-refractivity contribution is 6.30. The van der Waals surface area contributed by atoms with Crippen LogP contribution in [0.25, 0.3) is 27.8 Å². The number of halogens is 3. The van der Waals surface area contributed by atoms with E-state index in [0.29, 0.717) is 36.4 Å². The second-order valence-corrected chi connectivity index (χ2v) is 10.8. The van der Waals surface area contributed by atoms with Gasteiger partial charge in [-0.3, -0.25) is 18.9 Å². The van der Waals surface area contributed by atoms with Crippen LogP contribution in [0.15, 0.2) is 59.7 Å². The minimum Gasteiger partial charge on any atom is -0.390 e. The molecule has 0 unspecified atom stereocenters. The van der Waals surface area contributed by atoms with Gasteiger partial charge in [0.05, 0.1) is 40.1 Å². The van der Waals surface area contributed by atoms with Crippen LogP contribution in [0.3, 0.4) is 0 Å². The van der Waals surface area contributed by atoms with Gasteiger partial charge in [0, 0.05) is 29.9 Å². The Morgan fingerprint density at radius 3 is 2.59 bits per heavy atom. The molecular formula is C29H27ClF2N6O3. The average Bonchev–Trinajstić information content (AvgIpc) is 3.51. The summed E-state index contributed by atoms with van der Waals surface area (Å²) in [5, 5.41) is 13.2. The fraction of sp³-hybridized carbons (Fsp3) is 0.310. The van der Waals surface area contributed by atoms with E-state index in [4.69, 9.17) is 11.6 Å². The number of pyridine rings is 2. The van der Waals surface area contributed by atoms with Crippen molar-refractivity contribution in [3.8, 4) is 5.69 Å². The summed E-state index contributed by atoms with van der Waals surface area (Å²) in [6.45, 7) is 0.376. The Morgan fingerprint density at radius 1 is 1.10 bits per heavy atom. The molecule has 0 atom stereocenters. The highest BCUT2D eigenvalue weighted by Crippen LogP contribution is 2.29. The number of alkyl halides is 2. The molecule has 0 saturated heterocycles. The lowest BCUT2D eigenvalue weighted by atomic mass is 9.85. The molecule has 0 bridgehead atoms. The minimum atomic E-state index is -2.89. The molecule has 12 heteroatoms. The first-order valence-corrected chi connectivity index (χ1v) is 13.7. The van der Waals surface area contributed by atoms with Gasteiger partial charge in [-0.15, -0.1) is 0 Å². The Balaban J connectivity index is 1.19. The summed E-state index contributed by atoms with van der Waals surface area (Å²) in [5.74, 6) is -0.417.